The van der Waals surface area contributed by atoms with E-state index >= 15 is 0 Å². The lowest BCUT2D eigenvalue weighted by atomic mass is 10.1. The van der Waals surface area contributed by atoms with E-state index in [0.717, 1.165) is 22.7 Å². The second-order valence-electron chi connectivity index (χ2n) is 20.4. The van der Waals surface area contributed by atoms with Gasteiger partial charge in [-0.15, -0.1) is 0 Å². The SMILES string of the molecule is c1ccc([Si](c2ccccc2)(c2ccc(-n3c4ccccc4c4cc(-n5c6ccccc6c6ccccc65)ccc43)cc2)c2ccc(-n3c4ccccc4c4cc(-n5c6ccccc6c6ccccc65)ccc43)cc2)cc1. The summed E-state index contributed by atoms with van der Waals surface area (Å²) in [6, 6.07) is 108. The molecule has 5 heteroatoms. The summed E-state index contributed by atoms with van der Waals surface area (Å²) < 4.78 is 9.73. The minimum atomic E-state index is -2.92. The van der Waals surface area contributed by atoms with Gasteiger partial charge < -0.3 is 18.3 Å². The summed E-state index contributed by atoms with van der Waals surface area (Å²) in [4.78, 5) is 0. The van der Waals surface area contributed by atoms with Gasteiger partial charge in [0.05, 0.1) is 44.1 Å². The number of hydrogen-bond donors (Lipinski definition) is 0. The first-order valence-electron chi connectivity index (χ1n) is 26.6. The molecule has 0 saturated heterocycles. The second-order valence-corrected chi connectivity index (χ2v) is 24.2. The van der Waals surface area contributed by atoms with Crippen LogP contribution in [0.2, 0.25) is 0 Å². The van der Waals surface area contributed by atoms with Crippen molar-refractivity contribution < 1.29 is 0 Å². The highest BCUT2D eigenvalue weighted by Crippen LogP contribution is 2.39. The van der Waals surface area contributed by atoms with Gasteiger partial charge in [-0.25, -0.2) is 0 Å². The van der Waals surface area contributed by atoms with Crippen molar-refractivity contribution in [3.8, 4) is 22.7 Å². The van der Waals surface area contributed by atoms with Crippen molar-refractivity contribution in [1.82, 2.24) is 18.3 Å². The van der Waals surface area contributed by atoms with Crippen molar-refractivity contribution in [1.29, 1.82) is 0 Å². The van der Waals surface area contributed by atoms with Crippen molar-refractivity contribution in [2.45, 2.75) is 0 Å². The minimum absolute atomic E-state index is 1.14. The van der Waals surface area contributed by atoms with Gasteiger partial charge in [-0.05, 0) is 118 Å². The van der Waals surface area contributed by atoms with Crippen LogP contribution in [0.15, 0.2) is 291 Å². The Bertz CT molecular complexity index is 4540. The van der Waals surface area contributed by atoms with E-state index in [2.05, 4.69) is 309 Å². The van der Waals surface area contributed by atoms with Crippen LogP contribution in [-0.2, 0) is 0 Å². The van der Waals surface area contributed by atoms with Crippen LogP contribution in [0.1, 0.15) is 0 Å². The van der Waals surface area contributed by atoms with Crippen LogP contribution in [0.4, 0.5) is 0 Å². The molecular formula is C72H48N4Si. The highest BCUT2D eigenvalue weighted by atomic mass is 28.3. The number of aromatic nitrogens is 4. The van der Waals surface area contributed by atoms with E-state index in [-0.39, 0.29) is 0 Å². The monoisotopic (exact) mass is 996 g/mol. The number of fused-ring (bicyclic) bond motifs is 12. The van der Waals surface area contributed by atoms with Crippen LogP contribution in [0.25, 0.3) is 110 Å². The Hall–Kier alpha value is -9.94. The van der Waals surface area contributed by atoms with Crippen molar-refractivity contribution in [2.75, 3.05) is 0 Å². The zero-order chi connectivity index (χ0) is 50.6. The molecule has 0 fully saturated rings. The number of benzene rings is 12. The molecular weight excluding hydrogens is 949 g/mol. The molecule has 0 aliphatic heterocycles. The molecule has 0 spiro atoms. The van der Waals surface area contributed by atoms with E-state index in [4.69, 9.17) is 0 Å². The molecule has 4 aromatic heterocycles. The van der Waals surface area contributed by atoms with Gasteiger partial charge in [-0.2, -0.15) is 0 Å². The summed E-state index contributed by atoms with van der Waals surface area (Å²) in [6.07, 6.45) is 0. The van der Waals surface area contributed by atoms with Gasteiger partial charge >= 0.3 is 0 Å². The van der Waals surface area contributed by atoms with E-state index in [1.54, 1.807) is 0 Å². The fourth-order valence-corrected chi connectivity index (χ4v) is 18.0. The molecule has 0 bridgehead atoms. The number of rotatable bonds is 8. The van der Waals surface area contributed by atoms with E-state index in [1.165, 1.54) is 108 Å². The summed E-state index contributed by atoms with van der Waals surface area (Å²) in [5.41, 5.74) is 14.2. The molecule has 77 heavy (non-hydrogen) atoms. The Morgan fingerprint density at radius 1 is 0.169 bits per heavy atom. The lowest BCUT2D eigenvalue weighted by Gasteiger charge is -2.34. The molecule has 4 heterocycles. The van der Waals surface area contributed by atoms with Crippen molar-refractivity contribution in [3.63, 3.8) is 0 Å². The first-order chi connectivity index (χ1) is 38.2. The molecule has 0 radical (unpaired) electrons. The standard InChI is InChI=1S/C72H48N4Si/c1-3-19-53(20-4-1)77(54-21-5-2-6-22-54,55-41-35-49(36-42-55)73-69-33-17-11-27-61(69)63-47-51(39-45-71(63)73)75-65-29-13-7-23-57(65)58-24-8-14-30-66(58)75)56-43-37-50(38-44-56)74-70-34-18-12-28-62(70)64-48-52(40-46-72(64)74)76-67-31-15-9-25-59(67)60-26-10-16-32-68(60)76/h1-48H. The van der Waals surface area contributed by atoms with E-state index in [0.29, 0.717) is 0 Å². The van der Waals surface area contributed by atoms with Crippen LogP contribution in [0.3, 0.4) is 0 Å². The third-order valence-corrected chi connectivity index (χ3v) is 21.3. The van der Waals surface area contributed by atoms with E-state index < -0.39 is 8.07 Å². The van der Waals surface area contributed by atoms with Crippen LogP contribution < -0.4 is 20.7 Å². The smallest absolute Gasteiger partial charge is 0.179 e. The van der Waals surface area contributed by atoms with Crippen LogP contribution >= 0.6 is 0 Å². The molecule has 360 valence electrons. The molecule has 16 aromatic rings. The third kappa shape index (κ3) is 6.38. The van der Waals surface area contributed by atoms with Gasteiger partial charge in [0, 0.05) is 65.8 Å². The summed E-state index contributed by atoms with van der Waals surface area (Å²) in [5, 5.41) is 15.3. The van der Waals surface area contributed by atoms with Gasteiger partial charge in [0.2, 0.25) is 0 Å². The third-order valence-electron chi connectivity index (χ3n) is 16.5. The average molecular weight is 997 g/mol. The van der Waals surface area contributed by atoms with Crippen LogP contribution in [0, 0.1) is 0 Å². The predicted molar refractivity (Wildman–Crippen MR) is 327 cm³/mol. The fraction of sp³-hybridized carbons (Fsp3) is 0. The van der Waals surface area contributed by atoms with E-state index in [1.807, 2.05) is 0 Å². The first kappa shape index (κ1) is 43.5. The van der Waals surface area contributed by atoms with Gasteiger partial charge in [0.1, 0.15) is 0 Å². The van der Waals surface area contributed by atoms with Crippen LogP contribution in [-0.4, -0.2) is 26.3 Å². The molecule has 0 aliphatic rings. The molecule has 0 amide bonds. The topological polar surface area (TPSA) is 19.7 Å². The quantitative estimate of drug-likeness (QED) is 0.107. The fourth-order valence-electron chi connectivity index (χ4n) is 13.3. The minimum Gasteiger partial charge on any atom is -0.309 e. The molecule has 0 N–H and O–H groups in total. The summed E-state index contributed by atoms with van der Waals surface area (Å²) >= 11 is 0. The predicted octanol–water partition coefficient (Wildman–Crippen LogP) is 15.5. The Morgan fingerprint density at radius 3 is 0.701 bits per heavy atom. The van der Waals surface area contributed by atoms with Gasteiger partial charge in [-0.1, -0.05) is 194 Å². The summed E-state index contributed by atoms with van der Waals surface area (Å²) in [7, 11) is -2.92. The molecule has 0 aliphatic carbocycles. The molecule has 0 atom stereocenters. The van der Waals surface area contributed by atoms with Crippen molar-refractivity contribution >= 4 is 116 Å². The second kappa shape index (κ2) is 17.0. The maximum Gasteiger partial charge on any atom is 0.179 e. The Morgan fingerprint density at radius 2 is 0.390 bits per heavy atom. The van der Waals surface area contributed by atoms with Crippen molar-refractivity contribution in [2.24, 2.45) is 0 Å². The maximum absolute atomic E-state index is 2.92. The van der Waals surface area contributed by atoms with Gasteiger partial charge in [0.25, 0.3) is 0 Å². The highest BCUT2D eigenvalue weighted by molar-refractivity contribution is 7.19. The lowest BCUT2D eigenvalue weighted by Crippen LogP contribution is -2.74. The zero-order valence-corrected chi connectivity index (χ0v) is 43.0. The van der Waals surface area contributed by atoms with Crippen molar-refractivity contribution in [3.05, 3.63) is 291 Å². The maximum atomic E-state index is 2.45. The Kier molecular flexibility index (Phi) is 9.62. The van der Waals surface area contributed by atoms with Crippen LogP contribution in [0.5, 0.6) is 0 Å². The summed E-state index contributed by atoms with van der Waals surface area (Å²) in [5.74, 6) is 0. The molecule has 0 unspecified atom stereocenters. The Labute approximate surface area is 445 Å². The summed E-state index contributed by atoms with van der Waals surface area (Å²) in [6.45, 7) is 0. The first-order valence-corrected chi connectivity index (χ1v) is 28.6. The largest absolute Gasteiger partial charge is 0.309 e. The van der Waals surface area contributed by atoms with E-state index in [9.17, 15) is 0 Å². The zero-order valence-electron chi connectivity index (χ0n) is 42.0. The molecule has 0 saturated carbocycles. The Balaban J connectivity index is 0.839. The van der Waals surface area contributed by atoms with Gasteiger partial charge in [-0.3, -0.25) is 0 Å². The highest BCUT2D eigenvalue weighted by Gasteiger charge is 2.41. The molecule has 4 nitrogen and oxygen atoms in total. The average Bonchev–Trinajstić information content (AvgIpc) is 4.39. The van der Waals surface area contributed by atoms with Gasteiger partial charge in [0.15, 0.2) is 8.07 Å². The number of nitrogens with zero attached hydrogens (tertiary/aromatic N) is 4. The number of para-hydroxylation sites is 6. The molecule has 12 aromatic carbocycles. The number of hydrogen-bond acceptors (Lipinski definition) is 0. The lowest BCUT2D eigenvalue weighted by molar-refractivity contribution is 1.17. The normalized spacial score (nSPS) is 12.2. The molecule has 16 rings (SSSR count).